The summed E-state index contributed by atoms with van der Waals surface area (Å²) in [6.45, 7) is 13.9. The molecule has 0 aliphatic heterocycles. The fourth-order valence-corrected chi connectivity index (χ4v) is 2.81. The van der Waals surface area contributed by atoms with Crippen LogP contribution in [0.3, 0.4) is 0 Å². The predicted octanol–water partition coefficient (Wildman–Crippen LogP) is 4.46. The number of aryl methyl sites for hydroxylation is 2. The van der Waals surface area contributed by atoms with Crippen molar-refractivity contribution in [2.24, 2.45) is 0 Å². The zero-order valence-electron chi connectivity index (χ0n) is 14.1. The molecule has 0 amide bonds. The fraction of sp³-hybridized carbons (Fsp3) is 0.500. The summed E-state index contributed by atoms with van der Waals surface area (Å²) in [4.78, 5) is 4.89. The van der Waals surface area contributed by atoms with Crippen LogP contribution in [0.4, 0.5) is 5.82 Å². The van der Waals surface area contributed by atoms with Gasteiger partial charge in [-0.15, -0.1) is 0 Å². The Morgan fingerprint density at radius 1 is 1.10 bits per heavy atom. The first kappa shape index (κ1) is 15.6. The van der Waals surface area contributed by atoms with E-state index in [1.54, 1.807) is 0 Å². The lowest BCUT2D eigenvalue weighted by molar-refractivity contribution is 0.498. The van der Waals surface area contributed by atoms with Crippen LogP contribution >= 0.6 is 0 Å². The van der Waals surface area contributed by atoms with Gasteiger partial charge in [0.15, 0.2) is 0 Å². The molecule has 0 saturated heterocycles. The summed E-state index contributed by atoms with van der Waals surface area (Å²) in [5.41, 5.74) is 10.9. The van der Waals surface area contributed by atoms with Gasteiger partial charge in [-0.25, -0.2) is 4.98 Å². The van der Waals surface area contributed by atoms with E-state index in [1.165, 1.54) is 11.1 Å². The van der Waals surface area contributed by atoms with Gasteiger partial charge >= 0.3 is 0 Å². The molecule has 0 spiro atoms. The minimum Gasteiger partial charge on any atom is -0.383 e. The number of hydrogen-bond donors (Lipinski definition) is 1. The van der Waals surface area contributed by atoms with Gasteiger partial charge in [0.1, 0.15) is 17.3 Å². The molecule has 21 heavy (non-hydrogen) atoms. The third kappa shape index (κ3) is 3.12. The third-order valence-electron chi connectivity index (χ3n) is 3.62. The molecule has 1 aromatic carbocycles. The zero-order valence-corrected chi connectivity index (χ0v) is 14.1. The highest BCUT2D eigenvalue weighted by atomic mass is 15.1. The zero-order chi connectivity index (χ0) is 15.8. The van der Waals surface area contributed by atoms with Crippen LogP contribution in [-0.4, -0.2) is 9.55 Å². The lowest BCUT2D eigenvalue weighted by Crippen LogP contribution is -2.19. The smallest absolute Gasteiger partial charge is 0.131 e. The van der Waals surface area contributed by atoms with Gasteiger partial charge < -0.3 is 10.3 Å². The molecule has 2 aromatic rings. The summed E-state index contributed by atoms with van der Waals surface area (Å²) in [6.07, 6.45) is 1.05. The van der Waals surface area contributed by atoms with Crippen molar-refractivity contribution in [3.05, 3.63) is 35.2 Å². The highest BCUT2D eigenvalue weighted by Gasteiger charge is 2.25. The molecule has 0 saturated carbocycles. The number of nitrogen functional groups attached to an aromatic ring is 1. The van der Waals surface area contributed by atoms with Crippen LogP contribution in [-0.2, 0) is 12.0 Å². The third-order valence-corrected chi connectivity index (χ3v) is 3.62. The van der Waals surface area contributed by atoms with Crippen LogP contribution in [0.1, 0.15) is 51.1 Å². The second-order valence-corrected chi connectivity index (χ2v) is 6.95. The van der Waals surface area contributed by atoms with E-state index in [4.69, 9.17) is 10.7 Å². The molecule has 1 heterocycles. The highest BCUT2D eigenvalue weighted by molar-refractivity contribution is 5.72. The van der Waals surface area contributed by atoms with Gasteiger partial charge in [-0.05, 0) is 32.4 Å². The number of rotatable bonds is 3. The van der Waals surface area contributed by atoms with Crippen molar-refractivity contribution in [2.75, 3.05) is 5.73 Å². The van der Waals surface area contributed by atoms with Gasteiger partial charge in [0.05, 0.1) is 0 Å². The molecule has 0 aliphatic carbocycles. The summed E-state index contributed by atoms with van der Waals surface area (Å²) >= 11 is 0. The minimum atomic E-state index is -0.0135. The normalized spacial score (nSPS) is 11.9. The Morgan fingerprint density at radius 3 is 2.14 bits per heavy atom. The van der Waals surface area contributed by atoms with Gasteiger partial charge in [0, 0.05) is 17.5 Å². The van der Waals surface area contributed by atoms with Crippen LogP contribution in [0.15, 0.2) is 18.2 Å². The Morgan fingerprint density at radius 2 is 1.67 bits per heavy atom. The van der Waals surface area contributed by atoms with Crippen molar-refractivity contribution in [2.45, 2.75) is 59.9 Å². The topological polar surface area (TPSA) is 43.8 Å². The van der Waals surface area contributed by atoms with Crippen LogP contribution in [0, 0.1) is 13.8 Å². The van der Waals surface area contributed by atoms with Gasteiger partial charge in [-0.3, -0.25) is 0 Å². The Labute approximate surface area is 128 Å². The fourth-order valence-electron chi connectivity index (χ4n) is 2.81. The van der Waals surface area contributed by atoms with Crippen molar-refractivity contribution in [3.8, 4) is 11.3 Å². The second-order valence-electron chi connectivity index (χ2n) is 6.95. The highest BCUT2D eigenvalue weighted by Crippen LogP contribution is 2.32. The molecule has 1 aromatic heterocycles. The molecule has 0 fully saturated rings. The molecule has 3 heteroatoms. The molecule has 3 nitrogen and oxygen atoms in total. The second kappa shape index (κ2) is 5.55. The lowest BCUT2D eigenvalue weighted by atomic mass is 9.95. The van der Waals surface area contributed by atoms with E-state index in [-0.39, 0.29) is 5.41 Å². The van der Waals surface area contributed by atoms with Crippen LogP contribution in [0.2, 0.25) is 0 Å². The van der Waals surface area contributed by atoms with E-state index in [2.05, 4.69) is 64.3 Å². The average molecular weight is 285 g/mol. The van der Waals surface area contributed by atoms with Gasteiger partial charge in [-0.1, -0.05) is 44.9 Å². The number of imidazole rings is 1. The molecule has 114 valence electrons. The van der Waals surface area contributed by atoms with Crippen molar-refractivity contribution in [3.63, 3.8) is 0 Å². The number of nitrogens with two attached hydrogens (primary N) is 1. The van der Waals surface area contributed by atoms with E-state index in [1.807, 2.05) is 0 Å². The maximum Gasteiger partial charge on any atom is 0.131 e. The summed E-state index contributed by atoms with van der Waals surface area (Å²) in [7, 11) is 0. The molecular weight excluding hydrogens is 258 g/mol. The SMILES string of the molecule is CCCn1c(C(C)(C)C)nc(-c2cc(C)cc(C)c2)c1N. The molecule has 0 radical (unpaired) electrons. The van der Waals surface area contributed by atoms with Crippen molar-refractivity contribution in [1.29, 1.82) is 0 Å². The summed E-state index contributed by atoms with van der Waals surface area (Å²) in [6, 6.07) is 6.50. The molecule has 2 rings (SSSR count). The van der Waals surface area contributed by atoms with E-state index >= 15 is 0 Å². The molecule has 0 unspecified atom stereocenters. The molecular formula is C18H27N3. The van der Waals surface area contributed by atoms with Gasteiger partial charge in [-0.2, -0.15) is 0 Å². The first-order chi connectivity index (χ1) is 9.74. The number of aromatic nitrogens is 2. The van der Waals surface area contributed by atoms with E-state index in [0.717, 1.165) is 35.9 Å². The Hall–Kier alpha value is -1.77. The van der Waals surface area contributed by atoms with Gasteiger partial charge in [0.2, 0.25) is 0 Å². The van der Waals surface area contributed by atoms with Crippen LogP contribution < -0.4 is 5.73 Å². The summed E-state index contributed by atoms with van der Waals surface area (Å²) in [5.74, 6) is 1.85. The first-order valence-electron chi connectivity index (χ1n) is 7.69. The molecule has 0 atom stereocenters. The quantitative estimate of drug-likeness (QED) is 0.905. The summed E-state index contributed by atoms with van der Waals surface area (Å²) < 4.78 is 2.17. The molecule has 0 bridgehead atoms. The number of hydrogen-bond acceptors (Lipinski definition) is 2. The van der Waals surface area contributed by atoms with Crippen molar-refractivity contribution >= 4 is 5.82 Å². The number of nitrogens with zero attached hydrogens (tertiary/aromatic N) is 2. The standard InChI is InChI=1S/C18H27N3/c1-7-8-21-16(19)15(20-17(21)18(4,5)6)14-10-12(2)9-13(3)11-14/h9-11H,7-8,19H2,1-6H3. The Bertz CT molecular complexity index is 625. The maximum atomic E-state index is 6.42. The Kier molecular flexibility index (Phi) is 4.13. The molecule has 0 aliphatic rings. The van der Waals surface area contributed by atoms with E-state index in [9.17, 15) is 0 Å². The summed E-state index contributed by atoms with van der Waals surface area (Å²) in [5, 5.41) is 0. The van der Waals surface area contributed by atoms with Crippen LogP contribution in [0.5, 0.6) is 0 Å². The largest absolute Gasteiger partial charge is 0.383 e. The number of anilines is 1. The monoisotopic (exact) mass is 285 g/mol. The predicted molar refractivity (Wildman–Crippen MR) is 90.5 cm³/mol. The average Bonchev–Trinajstić information content (AvgIpc) is 2.66. The maximum absolute atomic E-state index is 6.42. The Balaban J connectivity index is 2.64. The lowest BCUT2D eigenvalue weighted by Gasteiger charge is -2.19. The molecule has 2 N–H and O–H groups in total. The number of benzene rings is 1. The van der Waals surface area contributed by atoms with E-state index < -0.39 is 0 Å². The van der Waals surface area contributed by atoms with Gasteiger partial charge in [0.25, 0.3) is 0 Å². The van der Waals surface area contributed by atoms with E-state index in [0.29, 0.717) is 0 Å². The minimum absolute atomic E-state index is 0.0135. The van der Waals surface area contributed by atoms with Crippen molar-refractivity contribution in [1.82, 2.24) is 9.55 Å². The van der Waals surface area contributed by atoms with Crippen LogP contribution in [0.25, 0.3) is 11.3 Å². The van der Waals surface area contributed by atoms with Crippen molar-refractivity contribution < 1.29 is 0 Å². The first-order valence-corrected chi connectivity index (χ1v) is 7.69.